The van der Waals surface area contributed by atoms with E-state index in [0.717, 1.165) is 28.9 Å². The minimum atomic E-state index is -0.403. The third-order valence-electron chi connectivity index (χ3n) is 5.38. The van der Waals surface area contributed by atoms with Crippen LogP contribution in [-0.2, 0) is 11.2 Å². The van der Waals surface area contributed by atoms with Gasteiger partial charge in [-0.3, -0.25) is 24.6 Å². The van der Waals surface area contributed by atoms with Crippen molar-refractivity contribution in [2.24, 2.45) is 0 Å². The highest BCUT2D eigenvalue weighted by molar-refractivity contribution is 5.99. The molecule has 3 aromatic rings. The summed E-state index contributed by atoms with van der Waals surface area (Å²) in [5.74, 6) is -0.232. The number of carbonyl (C=O) groups is 2. The van der Waals surface area contributed by atoms with Gasteiger partial charge in [0.1, 0.15) is 6.61 Å². The number of nitrogens with one attached hydrogen (secondary N) is 1. The largest absolute Gasteiger partial charge is 0.447 e. The lowest BCUT2D eigenvalue weighted by Gasteiger charge is -2.22. The minimum absolute atomic E-state index is 0.0729. The van der Waals surface area contributed by atoms with Gasteiger partial charge in [0, 0.05) is 54.6 Å². The number of rotatable bonds is 7. The molecule has 3 heterocycles. The molecule has 8 nitrogen and oxygen atoms in total. The normalized spacial score (nSPS) is 15.5. The zero-order chi connectivity index (χ0) is 22.5. The van der Waals surface area contributed by atoms with Crippen LogP contribution in [0.5, 0.6) is 0 Å². The van der Waals surface area contributed by atoms with Gasteiger partial charge in [-0.2, -0.15) is 0 Å². The molecule has 0 bridgehead atoms. The fraction of sp³-hybridized carbons (Fsp3) is 0.292. The fourth-order valence-corrected chi connectivity index (χ4v) is 3.61. The van der Waals surface area contributed by atoms with Crippen molar-refractivity contribution in [3.8, 4) is 11.3 Å². The van der Waals surface area contributed by atoms with Crippen LogP contribution >= 0.6 is 0 Å². The summed E-state index contributed by atoms with van der Waals surface area (Å²) in [5.41, 5.74) is 4.41. The topological polar surface area (TPSA) is 97.3 Å². The first-order valence-electron chi connectivity index (χ1n) is 10.6. The summed E-state index contributed by atoms with van der Waals surface area (Å²) in [7, 11) is 0. The van der Waals surface area contributed by atoms with E-state index in [0.29, 0.717) is 30.8 Å². The van der Waals surface area contributed by atoms with Crippen molar-refractivity contribution in [2.45, 2.75) is 32.7 Å². The van der Waals surface area contributed by atoms with Crippen LogP contribution in [0.2, 0.25) is 0 Å². The third-order valence-corrected chi connectivity index (χ3v) is 5.38. The molecule has 1 atom stereocenters. The van der Waals surface area contributed by atoms with Crippen molar-refractivity contribution < 1.29 is 14.3 Å². The first-order valence-corrected chi connectivity index (χ1v) is 10.6. The molecule has 1 fully saturated rings. The van der Waals surface area contributed by atoms with Crippen LogP contribution in [-0.4, -0.2) is 46.1 Å². The predicted molar refractivity (Wildman–Crippen MR) is 120 cm³/mol. The molecule has 0 spiro atoms. The number of aryl methyl sites for hydroxylation is 1. The molecule has 2 aromatic heterocycles. The molecule has 1 N–H and O–H groups in total. The monoisotopic (exact) mass is 431 g/mol. The summed E-state index contributed by atoms with van der Waals surface area (Å²) in [4.78, 5) is 39.8. The number of ether oxygens (including phenoxy) is 1. The van der Waals surface area contributed by atoms with Gasteiger partial charge < -0.3 is 10.1 Å². The smallest absolute Gasteiger partial charge is 0.414 e. The van der Waals surface area contributed by atoms with E-state index in [1.807, 2.05) is 32.0 Å². The van der Waals surface area contributed by atoms with Crippen molar-refractivity contribution in [1.29, 1.82) is 0 Å². The highest BCUT2D eigenvalue weighted by Crippen LogP contribution is 2.30. The molecule has 1 unspecified atom stereocenters. The van der Waals surface area contributed by atoms with E-state index in [1.54, 1.807) is 41.8 Å². The molecule has 32 heavy (non-hydrogen) atoms. The number of aromatic nitrogens is 3. The number of cyclic esters (lactones) is 1. The molecule has 1 saturated heterocycles. The van der Waals surface area contributed by atoms with Gasteiger partial charge in [0.15, 0.2) is 0 Å². The van der Waals surface area contributed by atoms with Crippen molar-refractivity contribution in [2.75, 3.05) is 18.1 Å². The molecule has 4 rings (SSSR count). The van der Waals surface area contributed by atoms with Gasteiger partial charge in [-0.15, -0.1) is 0 Å². The van der Waals surface area contributed by atoms with Gasteiger partial charge in [-0.25, -0.2) is 4.79 Å². The molecule has 1 aliphatic heterocycles. The van der Waals surface area contributed by atoms with E-state index in [1.165, 1.54) is 0 Å². The summed E-state index contributed by atoms with van der Waals surface area (Å²) in [5, 5.41) is 2.93. The number of benzene rings is 1. The van der Waals surface area contributed by atoms with Gasteiger partial charge in [-0.1, -0.05) is 13.0 Å². The second-order valence-electron chi connectivity index (χ2n) is 7.70. The van der Waals surface area contributed by atoms with Crippen molar-refractivity contribution >= 4 is 17.7 Å². The molecule has 2 amide bonds. The van der Waals surface area contributed by atoms with Gasteiger partial charge in [0.05, 0.1) is 17.4 Å². The summed E-state index contributed by atoms with van der Waals surface area (Å²) in [6.45, 7) is 4.73. The van der Waals surface area contributed by atoms with E-state index in [2.05, 4.69) is 20.3 Å². The van der Waals surface area contributed by atoms with Crippen LogP contribution in [0.4, 0.5) is 10.5 Å². The Morgan fingerprint density at radius 1 is 1.19 bits per heavy atom. The molecule has 0 radical (unpaired) electrons. The van der Waals surface area contributed by atoms with Crippen LogP contribution in [0.1, 0.15) is 35.0 Å². The Labute approximate surface area is 186 Å². The van der Waals surface area contributed by atoms with E-state index in [-0.39, 0.29) is 11.9 Å². The number of amides is 2. The first kappa shape index (κ1) is 21.4. The molecular weight excluding hydrogens is 406 g/mol. The lowest BCUT2D eigenvalue weighted by atomic mass is 10.0. The number of hydrogen-bond donors (Lipinski definition) is 1. The van der Waals surface area contributed by atoms with Crippen LogP contribution in [0.25, 0.3) is 11.3 Å². The number of nitrogens with zero attached hydrogens (tertiary/aromatic N) is 4. The standard InChI is InChI=1S/C24H25N5O3/c1-3-20-15-32-24(31)29(20)21-11-17(22-5-4-16(2)13-28-22)10-18(12-21)23(30)27-7-6-19-14-25-8-9-26-19/h4-5,8-14,20H,3,6-7,15H2,1-2H3,(H,27,30). The number of pyridine rings is 1. The molecule has 0 saturated carbocycles. The number of hydrogen-bond acceptors (Lipinski definition) is 6. The SMILES string of the molecule is CCC1COC(=O)N1c1cc(C(=O)NCCc2cnccn2)cc(-c2ccc(C)cn2)c1. The molecule has 164 valence electrons. The summed E-state index contributed by atoms with van der Waals surface area (Å²) < 4.78 is 5.26. The van der Waals surface area contributed by atoms with Gasteiger partial charge in [0.25, 0.3) is 5.91 Å². The Kier molecular flexibility index (Phi) is 6.39. The Bertz CT molecular complexity index is 1100. The van der Waals surface area contributed by atoms with Gasteiger partial charge in [0.2, 0.25) is 0 Å². The Hall–Kier alpha value is -3.81. The van der Waals surface area contributed by atoms with Crippen molar-refractivity contribution in [1.82, 2.24) is 20.3 Å². The van der Waals surface area contributed by atoms with E-state index >= 15 is 0 Å². The highest BCUT2D eigenvalue weighted by Gasteiger charge is 2.33. The maximum absolute atomic E-state index is 13.0. The van der Waals surface area contributed by atoms with Crippen molar-refractivity contribution in [3.63, 3.8) is 0 Å². The molecule has 0 aliphatic carbocycles. The lowest BCUT2D eigenvalue weighted by molar-refractivity contribution is 0.0954. The summed E-state index contributed by atoms with van der Waals surface area (Å²) >= 11 is 0. The van der Waals surface area contributed by atoms with E-state index < -0.39 is 6.09 Å². The van der Waals surface area contributed by atoms with Crippen LogP contribution in [0, 0.1) is 6.92 Å². The molecule has 1 aromatic carbocycles. The Morgan fingerprint density at radius 3 is 2.78 bits per heavy atom. The second-order valence-corrected chi connectivity index (χ2v) is 7.70. The van der Waals surface area contributed by atoms with Gasteiger partial charge >= 0.3 is 6.09 Å². The Morgan fingerprint density at radius 2 is 2.06 bits per heavy atom. The van der Waals surface area contributed by atoms with Crippen molar-refractivity contribution in [3.05, 3.63) is 71.9 Å². The third kappa shape index (κ3) is 4.74. The minimum Gasteiger partial charge on any atom is -0.447 e. The predicted octanol–water partition coefficient (Wildman–Crippen LogP) is 3.55. The number of anilines is 1. The summed E-state index contributed by atoms with van der Waals surface area (Å²) in [6.07, 6.45) is 7.61. The Balaban J connectivity index is 1.63. The maximum atomic E-state index is 13.0. The first-order chi connectivity index (χ1) is 15.5. The van der Waals surface area contributed by atoms with Crippen LogP contribution in [0.3, 0.4) is 0 Å². The van der Waals surface area contributed by atoms with Crippen LogP contribution in [0.15, 0.2) is 55.1 Å². The maximum Gasteiger partial charge on any atom is 0.414 e. The van der Waals surface area contributed by atoms with Crippen LogP contribution < -0.4 is 10.2 Å². The quantitative estimate of drug-likeness (QED) is 0.614. The summed E-state index contributed by atoms with van der Waals surface area (Å²) in [6, 6.07) is 9.20. The zero-order valence-electron chi connectivity index (χ0n) is 18.1. The number of carbonyl (C=O) groups excluding carboxylic acids is 2. The highest BCUT2D eigenvalue weighted by atomic mass is 16.6. The van der Waals surface area contributed by atoms with E-state index in [9.17, 15) is 9.59 Å². The fourth-order valence-electron chi connectivity index (χ4n) is 3.61. The molecule has 8 heteroatoms. The molecule has 1 aliphatic rings. The average Bonchev–Trinajstić information content (AvgIpc) is 3.20. The van der Waals surface area contributed by atoms with E-state index in [4.69, 9.17) is 4.74 Å². The second kappa shape index (κ2) is 9.55. The lowest BCUT2D eigenvalue weighted by Crippen LogP contribution is -2.33. The molecular formula is C24H25N5O3. The zero-order valence-corrected chi connectivity index (χ0v) is 18.1. The van der Waals surface area contributed by atoms with Gasteiger partial charge in [-0.05, 0) is 43.2 Å². The average molecular weight is 431 g/mol.